The molecule has 25 heavy (non-hydrogen) atoms. The molecule has 1 heterocycles. The van der Waals surface area contributed by atoms with E-state index in [1.54, 1.807) is 12.1 Å². The number of benzene rings is 1. The van der Waals surface area contributed by atoms with E-state index in [9.17, 15) is 23.1 Å². The van der Waals surface area contributed by atoms with Gasteiger partial charge in [-0.25, -0.2) is 0 Å². The number of nitrogens with one attached hydrogen (secondary N) is 1. The summed E-state index contributed by atoms with van der Waals surface area (Å²) in [5.41, 5.74) is 0.0131. The van der Waals surface area contributed by atoms with E-state index in [0.717, 1.165) is 17.5 Å². The van der Waals surface area contributed by atoms with E-state index < -0.39 is 17.8 Å². The van der Waals surface area contributed by atoms with Crippen LogP contribution in [0.3, 0.4) is 0 Å². The zero-order valence-corrected chi connectivity index (χ0v) is 13.4. The second-order valence-corrected chi connectivity index (χ2v) is 6.06. The van der Waals surface area contributed by atoms with Gasteiger partial charge >= 0.3 is 6.18 Å². The summed E-state index contributed by atoms with van der Waals surface area (Å²) < 4.78 is 40.9. The summed E-state index contributed by atoms with van der Waals surface area (Å²) in [5.74, 6) is -0.643. The molecule has 8 heteroatoms. The Labute approximate surface area is 142 Å². The molecule has 0 saturated carbocycles. The second kappa shape index (κ2) is 6.78. The normalized spacial score (nSPS) is 14.7. The minimum atomic E-state index is -4.53. The summed E-state index contributed by atoms with van der Waals surface area (Å²) in [4.78, 5) is 12.2. The number of rotatable bonds is 3. The summed E-state index contributed by atoms with van der Waals surface area (Å²) in [6.45, 7) is -0.327. The number of phenolic OH excluding ortho intramolecular Hbond substituents is 1. The number of carbonyl (C=O) groups is 1. The fraction of sp³-hybridized carbons (Fsp3) is 0.412. The lowest BCUT2D eigenvalue weighted by molar-refractivity contribution is -0.142. The van der Waals surface area contributed by atoms with Crippen molar-refractivity contribution in [1.82, 2.24) is 9.78 Å². The summed E-state index contributed by atoms with van der Waals surface area (Å²) >= 11 is 0. The molecule has 2 N–H and O–H groups in total. The van der Waals surface area contributed by atoms with Gasteiger partial charge in [-0.3, -0.25) is 9.48 Å². The first kappa shape index (κ1) is 17.3. The van der Waals surface area contributed by atoms with Gasteiger partial charge in [-0.2, -0.15) is 18.3 Å². The third-order valence-electron chi connectivity index (χ3n) is 4.25. The molecule has 134 valence electrons. The first-order valence-electron chi connectivity index (χ1n) is 8.10. The number of para-hydroxylation sites is 2. The number of fused-ring (bicyclic) bond motifs is 1. The van der Waals surface area contributed by atoms with Gasteiger partial charge < -0.3 is 10.4 Å². The van der Waals surface area contributed by atoms with Crippen molar-refractivity contribution in [3.63, 3.8) is 0 Å². The van der Waals surface area contributed by atoms with Crippen LogP contribution in [-0.2, 0) is 30.4 Å². The molecule has 1 aromatic carbocycles. The van der Waals surface area contributed by atoms with Crippen LogP contribution < -0.4 is 5.32 Å². The van der Waals surface area contributed by atoms with Gasteiger partial charge in [0.15, 0.2) is 5.69 Å². The second-order valence-electron chi connectivity index (χ2n) is 6.06. The van der Waals surface area contributed by atoms with Crippen molar-refractivity contribution in [2.24, 2.45) is 0 Å². The highest BCUT2D eigenvalue weighted by molar-refractivity contribution is 5.92. The van der Waals surface area contributed by atoms with Gasteiger partial charge in [-0.05, 0) is 37.8 Å². The maximum Gasteiger partial charge on any atom is 0.435 e. The number of phenols is 1. The lowest BCUT2D eigenvalue weighted by Gasteiger charge is -2.09. The highest BCUT2D eigenvalue weighted by atomic mass is 19.4. The molecule has 0 spiro atoms. The van der Waals surface area contributed by atoms with E-state index in [0.29, 0.717) is 25.0 Å². The summed E-state index contributed by atoms with van der Waals surface area (Å²) in [6, 6.07) is 6.17. The average Bonchev–Trinajstić information content (AvgIpc) is 2.73. The molecule has 0 unspecified atom stereocenters. The van der Waals surface area contributed by atoms with Gasteiger partial charge in [0, 0.05) is 11.3 Å². The van der Waals surface area contributed by atoms with Crippen molar-refractivity contribution in [3.8, 4) is 5.75 Å². The van der Waals surface area contributed by atoms with Gasteiger partial charge in [-0.1, -0.05) is 18.6 Å². The van der Waals surface area contributed by atoms with Crippen LogP contribution in [0.1, 0.15) is 36.2 Å². The van der Waals surface area contributed by atoms with Gasteiger partial charge in [0.1, 0.15) is 12.3 Å². The summed E-state index contributed by atoms with van der Waals surface area (Å²) in [7, 11) is 0. The first-order chi connectivity index (χ1) is 11.9. The zero-order valence-electron chi connectivity index (χ0n) is 13.4. The molecule has 1 amide bonds. The largest absolute Gasteiger partial charge is 0.506 e. The third kappa shape index (κ3) is 3.78. The van der Waals surface area contributed by atoms with Crippen molar-refractivity contribution in [3.05, 3.63) is 41.2 Å². The number of aromatic nitrogens is 2. The number of hydrogen-bond acceptors (Lipinski definition) is 3. The van der Waals surface area contributed by atoms with Crippen molar-refractivity contribution < 1.29 is 23.1 Å². The van der Waals surface area contributed by atoms with Crippen LogP contribution in [0.4, 0.5) is 18.9 Å². The van der Waals surface area contributed by atoms with Crippen molar-refractivity contribution in [2.75, 3.05) is 5.32 Å². The van der Waals surface area contributed by atoms with E-state index in [-0.39, 0.29) is 23.5 Å². The Morgan fingerprint density at radius 2 is 1.92 bits per heavy atom. The number of nitrogens with zero attached hydrogens (tertiary/aromatic N) is 2. The Bertz CT molecular complexity index is 784. The van der Waals surface area contributed by atoms with Crippen LogP contribution in [0.5, 0.6) is 5.75 Å². The first-order valence-corrected chi connectivity index (χ1v) is 8.10. The Hall–Kier alpha value is -2.51. The number of halogens is 3. The number of alkyl halides is 3. The van der Waals surface area contributed by atoms with Crippen molar-refractivity contribution in [1.29, 1.82) is 0 Å². The van der Waals surface area contributed by atoms with Crippen LogP contribution in [0.15, 0.2) is 24.3 Å². The van der Waals surface area contributed by atoms with Gasteiger partial charge in [-0.15, -0.1) is 0 Å². The Balaban J connectivity index is 1.86. The van der Waals surface area contributed by atoms with Crippen LogP contribution in [0.2, 0.25) is 0 Å². The fourth-order valence-corrected chi connectivity index (χ4v) is 3.11. The fourth-order valence-electron chi connectivity index (χ4n) is 3.11. The Kier molecular flexibility index (Phi) is 4.69. The number of amides is 1. The Morgan fingerprint density at radius 1 is 1.20 bits per heavy atom. The highest BCUT2D eigenvalue weighted by Crippen LogP contribution is 2.35. The molecule has 0 saturated heterocycles. The molecule has 2 aromatic rings. The summed E-state index contributed by atoms with van der Waals surface area (Å²) in [5, 5.41) is 15.9. The SMILES string of the molecule is O=C(Cn1nc(C(F)(F)F)c2c1CCCCC2)Nc1ccccc1O. The number of anilines is 1. The quantitative estimate of drug-likeness (QED) is 0.655. The lowest BCUT2D eigenvalue weighted by atomic mass is 10.1. The molecule has 1 aliphatic carbocycles. The highest BCUT2D eigenvalue weighted by Gasteiger charge is 2.39. The van der Waals surface area contributed by atoms with Crippen LogP contribution in [0.25, 0.3) is 0 Å². The number of carbonyl (C=O) groups excluding carboxylic acids is 1. The standard InChI is InChI=1S/C17H18F3N3O2/c18-17(19,20)16-11-6-2-1-3-8-13(11)23(22-16)10-15(25)21-12-7-4-5-9-14(12)24/h4-5,7,9,24H,1-3,6,8,10H2,(H,21,25). The predicted molar refractivity (Wildman–Crippen MR) is 85.2 cm³/mol. The molecule has 0 radical (unpaired) electrons. The van der Waals surface area contributed by atoms with E-state index in [2.05, 4.69) is 10.4 Å². The minimum Gasteiger partial charge on any atom is -0.506 e. The Morgan fingerprint density at radius 3 is 2.64 bits per heavy atom. The molecule has 0 aliphatic heterocycles. The molecular weight excluding hydrogens is 335 g/mol. The van der Waals surface area contributed by atoms with Gasteiger partial charge in [0.05, 0.1) is 5.69 Å². The molecular formula is C17H18F3N3O2. The number of aromatic hydroxyl groups is 1. The lowest BCUT2D eigenvalue weighted by Crippen LogP contribution is -2.21. The van der Waals surface area contributed by atoms with E-state index in [1.807, 2.05) is 0 Å². The van der Waals surface area contributed by atoms with E-state index >= 15 is 0 Å². The molecule has 0 bridgehead atoms. The number of hydrogen-bond donors (Lipinski definition) is 2. The third-order valence-corrected chi connectivity index (χ3v) is 4.25. The molecule has 3 rings (SSSR count). The maximum absolute atomic E-state index is 13.2. The molecule has 1 aliphatic rings. The van der Waals surface area contributed by atoms with Crippen LogP contribution in [0, 0.1) is 0 Å². The van der Waals surface area contributed by atoms with E-state index in [4.69, 9.17) is 0 Å². The monoisotopic (exact) mass is 353 g/mol. The van der Waals surface area contributed by atoms with Gasteiger partial charge in [0.25, 0.3) is 0 Å². The van der Waals surface area contributed by atoms with Crippen LogP contribution >= 0.6 is 0 Å². The van der Waals surface area contributed by atoms with Crippen molar-refractivity contribution in [2.45, 2.75) is 44.8 Å². The molecule has 0 atom stereocenters. The van der Waals surface area contributed by atoms with E-state index in [1.165, 1.54) is 12.1 Å². The topological polar surface area (TPSA) is 67.2 Å². The molecule has 1 aromatic heterocycles. The molecule has 0 fully saturated rings. The molecule has 5 nitrogen and oxygen atoms in total. The zero-order chi connectivity index (χ0) is 18.0. The van der Waals surface area contributed by atoms with Crippen molar-refractivity contribution >= 4 is 11.6 Å². The maximum atomic E-state index is 13.2. The smallest absolute Gasteiger partial charge is 0.435 e. The average molecular weight is 353 g/mol. The minimum absolute atomic E-state index is 0.105. The van der Waals surface area contributed by atoms with Gasteiger partial charge in [0.2, 0.25) is 5.91 Å². The predicted octanol–water partition coefficient (Wildman–Crippen LogP) is 3.52. The summed E-state index contributed by atoms with van der Waals surface area (Å²) in [6.07, 6.45) is -1.42. The van der Waals surface area contributed by atoms with Crippen LogP contribution in [-0.4, -0.2) is 20.8 Å².